The molecule has 0 bridgehead atoms. The number of urea groups is 1. The van der Waals surface area contributed by atoms with Gasteiger partial charge in [-0.1, -0.05) is 0 Å². The topological polar surface area (TPSA) is 44.4 Å². The quantitative estimate of drug-likeness (QED) is 0.889. The van der Waals surface area contributed by atoms with Crippen LogP contribution in [0.15, 0.2) is 18.2 Å². The molecule has 0 atom stereocenters. The van der Waals surface area contributed by atoms with Gasteiger partial charge in [-0.25, -0.2) is 13.6 Å². The van der Waals surface area contributed by atoms with E-state index in [4.69, 9.17) is 0 Å². The van der Waals surface area contributed by atoms with Crippen molar-refractivity contribution in [1.82, 2.24) is 15.5 Å². The number of likely N-dealkylation sites (tertiary alicyclic amines) is 1. The Morgan fingerprint density at radius 1 is 1.35 bits per heavy atom. The molecular weight excluding hydrogens is 264 g/mol. The molecule has 0 aromatic heterocycles. The molecule has 1 aromatic rings. The third-order valence-electron chi connectivity index (χ3n) is 3.50. The van der Waals surface area contributed by atoms with Crippen molar-refractivity contribution >= 4 is 6.03 Å². The number of rotatable bonds is 3. The van der Waals surface area contributed by atoms with Gasteiger partial charge in [0.2, 0.25) is 0 Å². The van der Waals surface area contributed by atoms with Crippen LogP contribution in [0.3, 0.4) is 0 Å². The lowest BCUT2D eigenvalue weighted by molar-refractivity contribution is 0.213. The molecule has 1 fully saturated rings. The highest BCUT2D eigenvalue weighted by molar-refractivity contribution is 5.74. The number of carbonyl (C=O) groups excluding carboxylic acids is 1. The molecule has 1 aliphatic heterocycles. The zero-order chi connectivity index (χ0) is 14.5. The van der Waals surface area contributed by atoms with Crippen molar-refractivity contribution in [3.8, 4) is 0 Å². The molecule has 2 N–H and O–H groups in total. The first kappa shape index (κ1) is 14.7. The predicted molar refractivity (Wildman–Crippen MR) is 72.2 cm³/mol. The summed E-state index contributed by atoms with van der Waals surface area (Å²) in [5.41, 5.74) is 0.142. The number of hydrogen-bond acceptors (Lipinski definition) is 2. The maximum absolute atomic E-state index is 13.4. The van der Waals surface area contributed by atoms with Crippen molar-refractivity contribution in [2.75, 3.05) is 20.1 Å². The molecule has 4 nitrogen and oxygen atoms in total. The molecule has 6 heteroatoms. The maximum atomic E-state index is 13.4. The highest BCUT2D eigenvalue weighted by Crippen LogP contribution is 2.10. The zero-order valence-corrected chi connectivity index (χ0v) is 11.5. The second-order valence-corrected chi connectivity index (χ2v) is 5.14. The first-order chi connectivity index (χ1) is 9.54. The van der Waals surface area contributed by atoms with Crippen LogP contribution in [0, 0.1) is 11.6 Å². The largest absolute Gasteiger partial charge is 0.335 e. The van der Waals surface area contributed by atoms with E-state index >= 15 is 0 Å². The van der Waals surface area contributed by atoms with Crippen LogP contribution >= 0.6 is 0 Å². The second-order valence-electron chi connectivity index (χ2n) is 5.14. The Morgan fingerprint density at radius 2 is 2.05 bits per heavy atom. The van der Waals surface area contributed by atoms with Gasteiger partial charge in [-0.3, -0.25) is 0 Å². The fraction of sp³-hybridized carbons (Fsp3) is 0.500. The van der Waals surface area contributed by atoms with Gasteiger partial charge >= 0.3 is 6.03 Å². The molecule has 0 spiro atoms. The summed E-state index contributed by atoms with van der Waals surface area (Å²) in [4.78, 5) is 13.9. The molecule has 0 aliphatic carbocycles. The van der Waals surface area contributed by atoms with Gasteiger partial charge in [-0.15, -0.1) is 0 Å². The number of hydrogen-bond donors (Lipinski definition) is 2. The van der Waals surface area contributed by atoms with Crippen molar-refractivity contribution in [3.63, 3.8) is 0 Å². The van der Waals surface area contributed by atoms with Crippen LogP contribution < -0.4 is 10.6 Å². The molecule has 0 saturated carbocycles. The van der Waals surface area contributed by atoms with E-state index in [1.165, 1.54) is 0 Å². The summed E-state index contributed by atoms with van der Waals surface area (Å²) in [6, 6.07) is 3.00. The number of halogens is 2. The number of nitrogens with one attached hydrogen (secondary N) is 2. The number of nitrogens with zero attached hydrogens (tertiary/aromatic N) is 1. The third kappa shape index (κ3) is 4.16. The van der Waals surface area contributed by atoms with E-state index in [-0.39, 0.29) is 24.2 Å². The number of carbonyl (C=O) groups is 1. The van der Waals surface area contributed by atoms with Gasteiger partial charge in [-0.2, -0.15) is 0 Å². The van der Waals surface area contributed by atoms with E-state index in [0.29, 0.717) is 0 Å². The average Bonchev–Trinajstić information content (AvgIpc) is 2.42. The van der Waals surface area contributed by atoms with Crippen LogP contribution in [-0.4, -0.2) is 37.1 Å². The highest BCUT2D eigenvalue weighted by atomic mass is 19.1. The molecular formula is C14H19F2N3O. The number of amides is 2. The first-order valence-corrected chi connectivity index (χ1v) is 6.71. The van der Waals surface area contributed by atoms with Crippen LogP contribution in [-0.2, 0) is 6.54 Å². The van der Waals surface area contributed by atoms with Crippen molar-refractivity contribution in [2.45, 2.75) is 25.4 Å². The van der Waals surface area contributed by atoms with Gasteiger partial charge in [-0.05, 0) is 51.2 Å². The van der Waals surface area contributed by atoms with Crippen molar-refractivity contribution in [3.05, 3.63) is 35.4 Å². The molecule has 0 radical (unpaired) electrons. The van der Waals surface area contributed by atoms with Gasteiger partial charge in [0.05, 0.1) is 0 Å². The zero-order valence-electron chi connectivity index (χ0n) is 11.5. The van der Waals surface area contributed by atoms with Crippen LogP contribution in [0.4, 0.5) is 13.6 Å². The molecule has 1 aliphatic rings. The molecule has 20 heavy (non-hydrogen) atoms. The Balaban J connectivity index is 1.79. The lowest BCUT2D eigenvalue weighted by Crippen LogP contribution is -2.46. The molecule has 1 heterocycles. The van der Waals surface area contributed by atoms with E-state index in [2.05, 4.69) is 15.5 Å². The molecule has 2 amide bonds. The minimum absolute atomic E-state index is 0.0257. The van der Waals surface area contributed by atoms with Gasteiger partial charge in [0.1, 0.15) is 11.6 Å². The van der Waals surface area contributed by atoms with Crippen LogP contribution in [0.5, 0.6) is 0 Å². The Bertz CT molecular complexity index is 473. The highest BCUT2D eigenvalue weighted by Gasteiger charge is 2.18. The van der Waals surface area contributed by atoms with Gasteiger partial charge < -0.3 is 15.5 Å². The SMILES string of the molecule is CN1CCC(NC(=O)NCc2cc(F)ccc2F)CC1. The summed E-state index contributed by atoms with van der Waals surface area (Å²) < 4.78 is 26.4. The normalized spacial score (nSPS) is 16.9. The molecule has 1 aromatic carbocycles. The minimum Gasteiger partial charge on any atom is -0.335 e. The summed E-state index contributed by atoms with van der Waals surface area (Å²) in [5.74, 6) is -1.04. The van der Waals surface area contributed by atoms with Gasteiger partial charge in [0.15, 0.2) is 0 Å². The van der Waals surface area contributed by atoms with Gasteiger partial charge in [0.25, 0.3) is 0 Å². The monoisotopic (exact) mass is 283 g/mol. The molecule has 110 valence electrons. The van der Waals surface area contributed by atoms with E-state index in [0.717, 1.165) is 44.1 Å². The first-order valence-electron chi connectivity index (χ1n) is 6.71. The number of piperidine rings is 1. The number of benzene rings is 1. The Kier molecular flexibility index (Phi) is 4.89. The fourth-order valence-electron chi connectivity index (χ4n) is 2.24. The third-order valence-corrected chi connectivity index (χ3v) is 3.50. The summed E-state index contributed by atoms with van der Waals surface area (Å²) in [7, 11) is 2.04. The Labute approximate surface area is 117 Å². The maximum Gasteiger partial charge on any atom is 0.315 e. The summed E-state index contributed by atoms with van der Waals surface area (Å²) >= 11 is 0. The molecule has 0 unspecified atom stereocenters. The summed E-state index contributed by atoms with van der Waals surface area (Å²) in [6.07, 6.45) is 1.80. The predicted octanol–water partition coefficient (Wildman–Crippen LogP) is 1.86. The van der Waals surface area contributed by atoms with E-state index in [9.17, 15) is 13.6 Å². The van der Waals surface area contributed by atoms with E-state index < -0.39 is 11.6 Å². The van der Waals surface area contributed by atoms with Crippen LogP contribution in [0.1, 0.15) is 18.4 Å². The average molecular weight is 283 g/mol. The van der Waals surface area contributed by atoms with Crippen molar-refractivity contribution in [1.29, 1.82) is 0 Å². The lowest BCUT2D eigenvalue weighted by Gasteiger charge is -2.29. The van der Waals surface area contributed by atoms with E-state index in [1.54, 1.807) is 0 Å². The van der Waals surface area contributed by atoms with Crippen molar-refractivity contribution < 1.29 is 13.6 Å². The van der Waals surface area contributed by atoms with Gasteiger partial charge in [0, 0.05) is 18.2 Å². The Hall–Kier alpha value is -1.69. The van der Waals surface area contributed by atoms with E-state index in [1.807, 2.05) is 7.05 Å². The molecule has 1 saturated heterocycles. The molecule has 2 rings (SSSR count). The summed E-state index contributed by atoms with van der Waals surface area (Å²) in [5, 5.41) is 5.41. The standard InChI is InChI=1S/C14H19F2N3O/c1-19-6-4-12(5-7-19)18-14(20)17-9-10-8-11(15)2-3-13(10)16/h2-3,8,12H,4-7,9H2,1H3,(H2,17,18,20). The summed E-state index contributed by atoms with van der Waals surface area (Å²) in [6.45, 7) is 1.87. The van der Waals surface area contributed by atoms with Crippen molar-refractivity contribution in [2.24, 2.45) is 0 Å². The fourth-order valence-corrected chi connectivity index (χ4v) is 2.24. The lowest BCUT2D eigenvalue weighted by atomic mass is 10.1. The smallest absolute Gasteiger partial charge is 0.315 e. The minimum atomic E-state index is -0.522. The van der Waals surface area contributed by atoms with Crippen LogP contribution in [0.25, 0.3) is 0 Å². The Morgan fingerprint density at radius 3 is 2.75 bits per heavy atom. The second kappa shape index (κ2) is 6.65. The van der Waals surface area contributed by atoms with Crippen LogP contribution in [0.2, 0.25) is 0 Å².